The number of hydrogen-bond donors (Lipinski definition) is 2. The van der Waals surface area contributed by atoms with Crippen molar-refractivity contribution in [2.75, 3.05) is 44.5 Å². The maximum atomic E-state index is 14.6. The van der Waals surface area contributed by atoms with Gasteiger partial charge in [0.25, 0.3) is 0 Å². The smallest absolute Gasteiger partial charge is 0.191 e. The molecule has 0 bridgehead atoms. The number of aryl methyl sites for hydroxylation is 1. The first-order chi connectivity index (χ1) is 14.8. The minimum Gasteiger partial charge on any atom is -0.378 e. The number of nitrogens with zero attached hydrogens (tertiary/aromatic N) is 2. The molecule has 0 aromatic heterocycles. The van der Waals surface area contributed by atoms with Crippen LogP contribution >= 0.6 is 0 Å². The molecular weight excluding hydrogens is 419 g/mol. The van der Waals surface area contributed by atoms with Crippen LogP contribution in [0.5, 0.6) is 0 Å². The summed E-state index contributed by atoms with van der Waals surface area (Å²) < 4.78 is 43.4. The maximum Gasteiger partial charge on any atom is 0.191 e. The Bertz CT molecular complexity index is 1050. The van der Waals surface area contributed by atoms with Crippen LogP contribution in [0.3, 0.4) is 0 Å². The van der Waals surface area contributed by atoms with E-state index in [0.29, 0.717) is 61.5 Å². The van der Waals surface area contributed by atoms with Crippen LogP contribution in [-0.2, 0) is 27.7 Å². The summed E-state index contributed by atoms with van der Waals surface area (Å²) in [6.45, 7) is 5.29. The second-order valence-corrected chi connectivity index (χ2v) is 9.52. The van der Waals surface area contributed by atoms with Gasteiger partial charge in [-0.15, -0.1) is 0 Å². The van der Waals surface area contributed by atoms with Gasteiger partial charge in [-0.05, 0) is 41.8 Å². The minimum absolute atomic E-state index is 0.245. The zero-order valence-electron chi connectivity index (χ0n) is 18.1. The highest BCUT2D eigenvalue weighted by Crippen LogP contribution is 2.21. The third kappa shape index (κ3) is 6.18. The number of nitrogens with one attached hydrogen (secondary N) is 2. The second-order valence-electron chi connectivity index (χ2n) is 7.54. The van der Waals surface area contributed by atoms with Crippen LogP contribution in [0, 0.1) is 12.7 Å². The Kier molecular flexibility index (Phi) is 7.50. The van der Waals surface area contributed by atoms with Gasteiger partial charge in [0.1, 0.15) is 5.82 Å². The highest BCUT2D eigenvalue weighted by Gasteiger charge is 2.15. The number of ether oxygens (including phenoxy) is 1. The largest absolute Gasteiger partial charge is 0.378 e. The van der Waals surface area contributed by atoms with Gasteiger partial charge in [0.2, 0.25) is 0 Å². The molecule has 9 heteroatoms. The highest BCUT2D eigenvalue weighted by molar-refractivity contribution is 7.90. The SMILES string of the molecule is CN=C(NCc1ccc(S(C)(=O)=O)c(C)c1)NCc1ccc(N2CCOCC2)c(F)c1. The molecule has 2 aromatic rings. The predicted molar refractivity (Wildman–Crippen MR) is 121 cm³/mol. The second kappa shape index (κ2) is 10.1. The molecule has 1 saturated heterocycles. The van der Waals surface area contributed by atoms with E-state index < -0.39 is 9.84 Å². The molecule has 0 unspecified atom stereocenters. The molecule has 0 radical (unpaired) electrons. The van der Waals surface area contributed by atoms with E-state index in [4.69, 9.17) is 4.74 Å². The summed E-state index contributed by atoms with van der Waals surface area (Å²) >= 11 is 0. The number of rotatable bonds is 6. The molecule has 31 heavy (non-hydrogen) atoms. The van der Waals surface area contributed by atoms with E-state index in [9.17, 15) is 12.8 Å². The fraction of sp³-hybridized carbons (Fsp3) is 0.409. The van der Waals surface area contributed by atoms with Gasteiger partial charge in [-0.1, -0.05) is 18.2 Å². The van der Waals surface area contributed by atoms with Crippen LogP contribution in [0.15, 0.2) is 46.3 Å². The van der Waals surface area contributed by atoms with Gasteiger partial charge in [0, 0.05) is 39.5 Å². The lowest BCUT2D eigenvalue weighted by Crippen LogP contribution is -2.37. The van der Waals surface area contributed by atoms with Crippen molar-refractivity contribution >= 4 is 21.5 Å². The summed E-state index contributed by atoms with van der Waals surface area (Å²) in [4.78, 5) is 6.52. The predicted octanol–water partition coefficient (Wildman–Crippen LogP) is 2.24. The quantitative estimate of drug-likeness (QED) is 0.521. The van der Waals surface area contributed by atoms with Crippen molar-refractivity contribution in [3.63, 3.8) is 0 Å². The van der Waals surface area contributed by atoms with E-state index in [1.54, 1.807) is 38.2 Å². The Hall–Kier alpha value is -2.65. The first-order valence-corrected chi connectivity index (χ1v) is 12.0. The summed E-state index contributed by atoms with van der Waals surface area (Å²) in [7, 11) is -1.57. The van der Waals surface area contributed by atoms with Gasteiger partial charge in [-0.3, -0.25) is 4.99 Å². The van der Waals surface area contributed by atoms with Crippen LogP contribution in [0.2, 0.25) is 0 Å². The number of guanidine groups is 1. The summed E-state index contributed by atoms with van der Waals surface area (Å²) in [5.74, 6) is 0.327. The molecule has 3 rings (SSSR count). The van der Waals surface area contributed by atoms with Crippen molar-refractivity contribution < 1.29 is 17.5 Å². The number of morpholine rings is 1. The van der Waals surface area contributed by atoms with E-state index in [2.05, 4.69) is 15.6 Å². The number of aliphatic imine (C=N–C) groups is 1. The topological polar surface area (TPSA) is 83.0 Å². The molecule has 0 spiro atoms. The Morgan fingerprint density at radius 1 is 1.10 bits per heavy atom. The molecule has 1 aliphatic heterocycles. The number of anilines is 1. The lowest BCUT2D eigenvalue weighted by atomic mass is 10.1. The first kappa shape index (κ1) is 23.0. The third-order valence-corrected chi connectivity index (χ3v) is 6.40. The van der Waals surface area contributed by atoms with Crippen molar-refractivity contribution in [1.82, 2.24) is 10.6 Å². The number of hydrogen-bond acceptors (Lipinski definition) is 5. The molecular formula is C22H29FN4O3S. The van der Waals surface area contributed by atoms with Crippen LogP contribution in [-0.4, -0.2) is 54.0 Å². The normalized spacial score (nSPS) is 15.1. The van der Waals surface area contributed by atoms with Crippen LogP contribution in [0.25, 0.3) is 0 Å². The van der Waals surface area contributed by atoms with Crippen molar-refractivity contribution in [1.29, 1.82) is 0 Å². The fourth-order valence-electron chi connectivity index (χ4n) is 3.55. The number of benzene rings is 2. The van der Waals surface area contributed by atoms with Crippen LogP contribution < -0.4 is 15.5 Å². The van der Waals surface area contributed by atoms with Gasteiger partial charge in [0.05, 0.1) is 23.8 Å². The average molecular weight is 449 g/mol. The van der Waals surface area contributed by atoms with E-state index in [1.165, 1.54) is 6.26 Å². The molecule has 168 valence electrons. The van der Waals surface area contributed by atoms with Gasteiger partial charge in [-0.25, -0.2) is 12.8 Å². The zero-order valence-corrected chi connectivity index (χ0v) is 18.9. The van der Waals surface area contributed by atoms with Gasteiger partial charge in [-0.2, -0.15) is 0 Å². The third-order valence-electron chi connectivity index (χ3n) is 5.15. The molecule has 2 aromatic carbocycles. The first-order valence-electron chi connectivity index (χ1n) is 10.1. The molecule has 1 heterocycles. The summed E-state index contributed by atoms with van der Waals surface area (Å²) in [6.07, 6.45) is 1.20. The highest BCUT2D eigenvalue weighted by atomic mass is 32.2. The summed E-state index contributed by atoms with van der Waals surface area (Å²) in [5.41, 5.74) is 3.06. The van der Waals surface area contributed by atoms with Crippen LogP contribution in [0.4, 0.5) is 10.1 Å². The molecule has 1 aliphatic rings. The van der Waals surface area contributed by atoms with Crippen molar-refractivity contribution in [3.05, 3.63) is 58.9 Å². The number of halogens is 1. The van der Waals surface area contributed by atoms with E-state index in [0.717, 1.165) is 11.1 Å². The van der Waals surface area contributed by atoms with E-state index >= 15 is 0 Å². The molecule has 0 aliphatic carbocycles. The Labute approximate surface area is 183 Å². The van der Waals surface area contributed by atoms with Crippen LogP contribution in [0.1, 0.15) is 16.7 Å². The van der Waals surface area contributed by atoms with Crippen molar-refractivity contribution in [2.24, 2.45) is 4.99 Å². The summed E-state index contributed by atoms with van der Waals surface area (Å²) in [5, 5.41) is 6.37. The van der Waals surface area contributed by atoms with Crippen molar-refractivity contribution in [2.45, 2.75) is 24.9 Å². The molecule has 0 atom stereocenters. The molecule has 2 N–H and O–H groups in total. The fourth-order valence-corrected chi connectivity index (χ4v) is 4.51. The average Bonchev–Trinajstić information content (AvgIpc) is 2.73. The minimum atomic E-state index is -3.24. The molecule has 7 nitrogen and oxygen atoms in total. The maximum absolute atomic E-state index is 14.6. The Morgan fingerprint density at radius 3 is 2.26 bits per heavy atom. The monoisotopic (exact) mass is 448 g/mol. The lowest BCUT2D eigenvalue weighted by Gasteiger charge is -2.29. The Morgan fingerprint density at radius 2 is 1.71 bits per heavy atom. The lowest BCUT2D eigenvalue weighted by molar-refractivity contribution is 0.122. The number of sulfone groups is 1. The standard InChI is InChI=1S/C22H29FN4O3S/c1-16-12-17(5-7-21(16)31(3,28)29)14-25-22(24-2)26-15-18-4-6-20(19(23)13-18)27-8-10-30-11-9-27/h4-7,12-13H,8-11,14-15H2,1-3H3,(H2,24,25,26). The van der Waals surface area contributed by atoms with Gasteiger partial charge in [0.15, 0.2) is 15.8 Å². The molecule has 1 fully saturated rings. The molecule has 0 saturated carbocycles. The van der Waals surface area contributed by atoms with Gasteiger partial charge < -0.3 is 20.3 Å². The zero-order chi connectivity index (χ0) is 22.4. The van der Waals surface area contributed by atoms with E-state index in [1.807, 2.05) is 17.0 Å². The Balaban J connectivity index is 1.56. The molecule has 0 amide bonds. The van der Waals surface area contributed by atoms with Gasteiger partial charge >= 0.3 is 0 Å². The van der Waals surface area contributed by atoms with Crippen molar-refractivity contribution in [3.8, 4) is 0 Å². The van der Waals surface area contributed by atoms with E-state index in [-0.39, 0.29) is 5.82 Å². The summed E-state index contributed by atoms with van der Waals surface area (Å²) in [6, 6.07) is 10.5.